The van der Waals surface area contributed by atoms with E-state index < -0.39 is 5.92 Å². The molecule has 33 heavy (non-hydrogen) atoms. The first kappa shape index (κ1) is 23.0. The molecular weight excluding hydrogens is 416 g/mol. The van der Waals surface area contributed by atoms with E-state index in [4.69, 9.17) is 10.7 Å². The predicted molar refractivity (Wildman–Crippen MR) is 133 cm³/mol. The number of rotatable bonds is 6. The van der Waals surface area contributed by atoms with Crippen LogP contribution in [0.25, 0.3) is 17.0 Å². The average molecular weight is 448 g/mol. The Labute approximate surface area is 194 Å². The lowest BCUT2D eigenvalue weighted by Gasteiger charge is -2.22. The van der Waals surface area contributed by atoms with E-state index in [0.29, 0.717) is 24.4 Å². The van der Waals surface area contributed by atoms with Gasteiger partial charge in [0.2, 0.25) is 5.92 Å². The highest BCUT2D eigenvalue weighted by Gasteiger charge is 2.48. The van der Waals surface area contributed by atoms with Crippen molar-refractivity contribution in [1.82, 2.24) is 4.98 Å². The van der Waals surface area contributed by atoms with Gasteiger partial charge in [-0.1, -0.05) is 55.7 Å². The van der Waals surface area contributed by atoms with Crippen LogP contribution in [-0.2, 0) is 0 Å². The third-order valence-corrected chi connectivity index (χ3v) is 6.61. The lowest BCUT2D eigenvalue weighted by molar-refractivity contribution is -0.0141. The van der Waals surface area contributed by atoms with Gasteiger partial charge in [-0.15, -0.1) is 0 Å². The average Bonchev–Trinajstić information content (AvgIpc) is 3.57. The molecule has 0 bridgehead atoms. The number of nitrogens with zero attached hydrogens (tertiary/aromatic N) is 1. The maximum atomic E-state index is 13.9. The number of anilines is 1. The zero-order valence-corrected chi connectivity index (χ0v) is 19.1. The first-order chi connectivity index (χ1) is 15.7. The van der Waals surface area contributed by atoms with E-state index in [0.717, 1.165) is 46.5 Å². The number of aromatic nitrogens is 1. The highest BCUT2D eigenvalue weighted by molar-refractivity contribution is 5.71. The van der Waals surface area contributed by atoms with Crippen molar-refractivity contribution in [1.29, 1.82) is 0 Å². The summed E-state index contributed by atoms with van der Waals surface area (Å²) < 4.78 is 27.8. The highest BCUT2D eigenvalue weighted by atomic mass is 19.3. The molecule has 1 aromatic heterocycles. The molecule has 0 radical (unpaired) electrons. The second-order valence-electron chi connectivity index (χ2n) is 9.15. The van der Waals surface area contributed by atoms with Crippen LogP contribution in [0.5, 0.6) is 0 Å². The third kappa shape index (κ3) is 5.08. The van der Waals surface area contributed by atoms with Crippen LogP contribution in [0, 0.1) is 12.3 Å². The third-order valence-electron chi connectivity index (χ3n) is 6.61. The number of nitrogens with two attached hydrogens (primary N) is 1. The van der Waals surface area contributed by atoms with Gasteiger partial charge in [-0.05, 0) is 61.4 Å². The molecule has 0 aliphatic heterocycles. The van der Waals surface area contributed by atoms with Gasteiger partial charge in [-0.25, -0.2) is 13.8 Å². The molecule has 1 saturated carbocycles. The van der Waals surface area contributed by atoms with Crippen molar-refractivity contribution in [3.8, 4) is 11.3 Å². The maximum absolute atomic E-state index is 13.9. The second-order valence-corrected chi connectivity index (χ2v) is 9.15. The van der Waals surface area contributed by atoms with Crippen LogP contribution in [-0.4, -0.2) is 10.9 Å². The van der Waals surface area contributed by atoms with E-state index in [2.05, 4.69) is 18.5 Å². The van der Waals surface area contributed by atoms with E-state index in [-0.39, 0.29) is 18.3 Å². The molecule has 2 aliphatic rings. The van der Waals surface area contributed by atoms with Gasteiger partial charge in [0.1, 0.15) is 5.82 Å². The van der Waals surface area contributed by atoms with Crippen molar-refractivity contribution >= 4 is 11.5 Å². The van der Waals surface area contributed by atoms with E-state index in [1.807, 2.05) is 61.5 Å². The number of aryl methyl sites for hydroxylation is 1. The fourth-order valence-electron chi connectivity index (χ4n) is 4.41. The van der Waals surface area contributed by atoms with Crippen LogP contribution in [0.4, 0.5) is 14.6 Å². The van der Waals surface area contributed by atoms with Gasteiger partial charge < -0.3 is 11.1 Å². The normalized spacial score (nSPS) is 21.5. The number of benzene rings is 1. The minimum Gasteiger partial charge on any atom is -0.399 e. The molecular formula is C28H31F2N3. The van der Waals surface area contributed by atoms with Crippen molar-refractivity contribution in [2.45, 2.75) is 51.4 Å². The number of allylic oxidation sites excluding steroid dienone is 4. The minimum atomic E-state index is -2.60. The zero-order valence-electron chi connectivity index (χ0n) is 19.1. The van der Waals surface area contributed by atoms with Crippen LogP contribution in [0.1, 0.15) is 49.7 Å². The fraction of sp³-hybridized carbons (Fsp3) is 0.321. The molecule has 0 atom stereocenters. The van der Waals surface area contributed by atoms with Crippen LogP contribution in [0.2, 0.25) is 0 Å². The van der Waals surface area contributed by atoms with Gasteiger partial charge in [-0.2, -0.15) is 0 Å². The summed E-state index contributed by atoms with van der Waals surface area (Å²) in [6.45, 7) is 10.2. The molecule has 1 fully saturated rings. The molecule has 0 unspecified atom stereocenters. The van der Waals surface area contributed by atoms with Crippen molar-refractivity contribution in [3.05, 3.63) is 90.2 Å². The Balaban J connectivity index is 1.56. The van der Waals surface area contributed by atoms with Gasteiger partial charge >= 0.3 is 0 Å². The Bertz CT molecular complexity index is 1140. The number of pyridine rings is 1. The molecule has 2 aromatic rings. The molecule has 2 aliphatic carbocycles. The summed E-state index contributed by atoms with van der Waals surface area (Å²) in [4.78, 5) is 4.86. The summed E-state index contributed by atoms with van der Waals surface area (Å²) in [5.74, 6) is -1.89. The molecule has 0 spiro atoms. The summed E-state index contributed by atoms with van der Waals surface area (Å²) in [6.07, 6.45) is 8.32. The van der Waals surface area contributed by atoms with E-state index in [1.54, 1.807) is 0 Å². The number of nitrogens with one attached hydrogen (secondary N) is 1. The van der Waals surface area contributed by atoms with Crippen LogP contribution >= 0.6 is 0 Å². The highest BCUT2D eigenvalue weighted by Crippen LogP contribution is 2.57. The monoisotopic (exact) mass is 447 g/mol. The molecule has 3 N–H and O–H groups in total. The molecule has 1 aromatic carbocycles. The summed E-state index contributed by atoms with van der Waals surface area (Å²) >= 11 is 0. The second kappa shape index (κ2) is 8.97. The van der Waals surface area contributed by atoms with E-state index in [9.17, 15) is 8.78 Å². The lowest BCUT2D eigenvalue weighted by Crippen LogP contribution is -2.15. The largest absolute Gasteiger partial charge is 0.399 e. The Hall–Kier alpha value is -3.21. The first-order valence-electron chi connectivity index (χ1n) is 11.4. The molecule has 1 heterocycles. The minimum absolute atomic E-state index is 0.0917. The maximum Gasteiger partial charge on any atom is 0.248 e. The number of halogens is 2. The summed E-state index contributed by atoms with van der Waals surface area (Å²) in [6, 6.07) is 11.8. The number of hydrogen-bond acceptors (Lipinski definition) is 3. The van der Waals surface area contributed by atoms with Crippen molar-refractivity contribution in [3.63, 3.8) is 0 Å². The van der Waals surface area contributed by atoms with Gasteiger partial charge in [0.15, 0.2) is 0 Å². The Morgan fingerprint density at radius 3 is 2.55 bits per heavy atom. The molecule has 172 valence electrons. The zero-order chi connectivity index (χ0) is 23.6. The standard InChI is InChI=1S/C28H31F2N3/c1-19-12-13-25(33-26(19)23-9-6-8-22(18-23)20(2)31)32-21(3)27(16-17-27)24-10-4-5-14-28(29,30)15-7-11-24/h4,6,8-13,18H,2-3,5,7,14-17,31H2,1H3,(H,32,33)/b10-4-,24-11+. The van der Waals surface area contributed by atoms with Crippen LogP contribution < -0.4 is 11.1 Å². The van der Waals surface area contributed by atoms with Crippen LogP contribution in [0.3, 0.4) is 0 Å². The van der Waals surface area contributed by atoms with Gasteiger partial charge in [0, 0.05) is 35.2 Å². The summed E-state index contributed by atoms with van der Waals surface area (Å²) in [5, 5.41) is 3.41. The summed E-state index contributed by atoms with van der Waals surface area (Å²) in [7, 11) is 0. The SMILES string of the molecule is C=C(N)c1cccc(-c2nc(NC(=C)C3(C4=C/CCC(F)(F)CC/C=C\4)CC3)ccc2C)c1. The van der Waals surface area contributed by atoms with Gasteiger partial charge in [0.25, 0.3) is 0 Å². The Kier molecular flexibility index (Phi) is 6.24. The van der Waals surface area contributed by atoms with E-state index >= 15 is 0 Å². The Morgan fingerprint density at radius 1 is 1.06 bits per heavy atom. The quantitative estimate of drug-likeness (QED) is 0.485. The van der Waals surface area contributed by atoms with Crippen LogP contribution in [0.15, 0.2) is 79.1 Å². The predicted octanol–water partition coefficient (Wildman–Crippen LogP) is 7.38. The van der Waals surface area contributed by atoms with Gasteiger partial charge in [-0.3, -0.25) is 0 Å². The van der Waals surface area contributed by atoms with Crippen molar-refractivity contribution < 1.29 is 8.78 Å². The number of alkyl halides is 2. The summed E-state index contributed by atoms with van der Waals surface area (Å²) in [5.41, 5.74) is 11.9. The lowest BCUT2D eigenvalue weighted by atomic mass is 9.90. The Morgan fingerprint density at radius 2 is 1.82 bits per heavy atom. The molecule has 3 nitrogen and oxygen atoms in total. The van der Waals surface area contributed by atoms with E-state index in [1.165, 1.54) is 0 Å². The topological polar surface area (TPSA) is 50.9 Å². The molecule has 0 saturated heterocycles. The fourth-order valence-corrected chi connectivity index (χ4v) is 4.41. The van der Waals surface area contributed by atoms with Crippen molar-refractivity contribution in [2.75, 3.05) is 5.32 Å². The smallest absolute Gasteiger partial charge is 0.248 e. The van der Waals surface area contributed by atoms with Gasteiger partial charge in [0.05, 0.1) is 5.69 Å². The molecule has 5 heteroatoms. The van der Waals surface area contributed by atoms with Crippen molar-refractivity contribution in [2.24, 2.45) is 11.1 Å². The molecule has 4 rings (SSSR count). The molecule has 0 amide bonds. The number of hydrogen-bond donors (Lipinski definition) is 2. The first-order valence-corrected chi connectivity index (χ1v) is 11.4.